The topological polar surface area (TPSA) is 61.8 Å². The molecule has 1 aromatic carbocycles. The number of ether oxygens (including phenoxy) is 1. The summed E-state index contributed by atoms with van der Waals surface area (Å²) >= 11 is 6.16. The van der Waals surface area contributed by atoms with Crippen LogP contribution in [0.3, 0.4) is 0 Å². The number of halogens is 1. The van der Waals surface area contributed by atoms with Crippen LogP contribution in [0, 0.1) is 0 Å². The number of carbonyl (C=O) groups excluding carboxylic acids is 1. The third-order valence-corrected chi connectivity index (χ3v) is 8.27. The number of anilines is 1. The van der Waals surface area contributed by atoms with Gasteiger partial charge in [0.2, 0.25) is 5.91 Å². The number of aromatic nitrogens is 2. The summed E-state index contributed by atoms with van der Waals surface area (Å²) in [4.78, 5) is 29.8. The van der Waals surface area contributed by atoms with Crippen LogP contribution in [0.25, 0.3) is 0 Å². The van der Waals surface area contributed by atoms with E-state index in [1.165, 1.54) is 11.3 Å². The first-order valence-electron chi connectivity index (χ1n) is 12.9. The van der Waals surface area contributed by atoms with Crippen LogP contribution in [0.2, 0.25) is 5.02 Å². The molecule has 5 rings (SSSR count). The number of rotatable bonds is 6. The van der Waals surface area contributed by atoms with E-state index < -0.39 is 0 Å². The predicted molar refractivity (Wildman–Crippen MR) is 138 cm³/mol. The second-order valence-electron chi connectivity index (χ2n) is 10.1. The molecule has 0 unspecified atom stereocenters. The Bertz CT molecular complexity index is 1020. The van der Waals surface area contributed by atoms with Gasteiger partial charge in [0.05, 0.1) is 12.0 Å². The molecule has 0 N–H and O–H groups in total. The van der Waals surface area contributed by atoms with E-state index >= 15 is 0 Å². The summed E-state index contributed by atoms with van der Waals surface area (Å²) in [7, 11) is 1.79. The zero-order valence-corrected chi connectivity index (χ0v) is 21.6. The Balaban J connectivity index is 1.28. The molecule has 1 aromatic heterocycles. The quantitative estimate of drug-likeness (QED) is 0.606. The Morgan fingerprint density at radius 3 is 2.46 bits per heavy atom. The van der Waals surface area contributed by atoms with Gasteiger partial charge in [-0.2, -0.15) is 0 Å². The van der Waals surface area contributed by atoms with E-state index in [0.29, 0.717) is 30.1 Å². The Kier molecular flexibility index (Phi) is 7.56. The van der Waals surface area contributed by atoms with Gasteiger partial charge in [0.25, 0.3) is 0 Å². The summed E-state index contributed by atoms with van der Waals surface area (Å²) in [6, 6.07) is 7.80. The van der Waals surface area contributed by atoms with Gasteiger partial charge in [-0.3, -0.25) is 4.79 Å². The molecule has 1 aliphatic carbocycles. The molecular formula is C27H36ClN5O2. The van der Waals surface area contributed by atoms with Crippen LogP contribution >= 0.6 is 11.6 Å². The number of piperidine rings is 1. The highest BCUT2D eigenvalue weighted by molar-refractivity contribution is 6.30. The highest BCUT2D eigenvalue weighted by Gasteiger charge is 2.33. The molecule has 2 atom stereocenters. The van der Waals surface area contributed by atoms with Crippen molar-refractivity contribution in [1.29, 1.82) is 0 Å². The van der Waals surface area contributed by atoms with Gasteiger partial charge in [-0.1, -0.05) is 30.7 Å². The van der Waals surface area contributed by atoms with Gasteiger partial charge in [0.1, 0.15) is 12.1 Å². The van der Waals surface area contributed by atoms with Crippen molar-refractivity contribution in [3.05, 3.63) is 52.4 Å². The summed E-state index contributed by atoms with van der Waals surface area (Å²) in [6.45, 7) is 7.94. The van der Waals surface area contributed by atoms with E-state index in [1.807, 2.05) is 29.2 Å². The maximum Gasteiger partial charge on any atom is 0.231 e. The first-order chi connectivity index (χ1) is 17.0. The van der Waals surface area contributed by atoms with Gasteiger partial charge < -0.3 is 19.4 Å². The lowest BCUT2D eigenvalue weighted by atomic mass is 9.95. The molecule has 7 nitrogen and oxygen atoms in total. The number of benzene rings is 1. The van der Waals surface area contributed by atoms with Crippen molar-refractivity contribution in [3.63, 3.8) is 0 Å². The molecule has 3 aliphatic rings. The largest absolute Gasteiger partial charge is 0.381 e. The lowest BCUT2D eigenvalue weighted by Crippen LogP contribution is -2.52. The van der Waals surface area contributed by atoms with Crippen molar-refractivity contribution >= 4 is 23.3 Å². The van der Waals surface area contributed by atoms with E-state index in [4.69, 9.17) is 16.3 Å². The van der Waals surface area contributed by atoms with Crippen molar-refractivity contribution in [2.75, 3.05) is 57.8 Å². The number of carbonyl (C=O) groups is 1. The van der Waals surface area contributed by atoms with Gasteiger partial charge in [0, 0.05) is 69.2 Å². The summed E-state index contributed by atoms with van der Waals surface area (Å²) in [6.07, 6.45) is 6.23. The fourth-order valence-electron chi connectivity index (χ4n) is 5.84. The van der Waals surface area contributed by atoms with E-state index in [1.54, 1.807) is 13.4 Å². The van der Waals surface area contributed by atoms with E-state index in [9.17, 15) is 4.79 Å². The minimum Gasteiger partial charge on any atom is -0.381 e. The van der Waals surface area contributed by atoms with Gasteiger partial charge in [-0.25, -0.2) is 9.97 Å². The molecule has 188 valence electrons. The van der Waals surface area contributed by atoms with E-state index in [0.717, 1.165) is 69.8 Å². The van der Waals surface area contributed by atoms with Crippen molar-refractivity contribution < 1.29 is 9.53 Å². The van der Waals surface area contributed by atoms with Crippen molar-refractivity contribution in [2.45, 2.75) is 50.5 Å². The number of fused-ring (bicyclic) bond motifs is 1. The molecule has 2 fully saturated rings. The number of amides is 1. The molecule has 0 radical (unpaired) electrons. The SMILES string of the molecule is COC1CCN(C[C@H](C(=O)N2CCN(c3ncnc4c3[C@H](C)CC4)CC2)c2ccc(Cl)cc2)CC1. The average molecular weight is 498 g/mol. The number of methoxy groups -OCH3 is 1. The first-order valence-corrected chi connectivity index (χ1v) is 13.3. The Hall–Kier alpha value is -2.22. The molecule has 0 saturated carbocycles. The zero-order chi connectivity index (χ0) is 24.4. The lowest BCUT2D eigenvalue weighted by molar-refractivity contribution is -0.133. The summed E-state index contributed by atoms with van der Waals surface area (Å²) in [5.74, 6) is 1.59. The lowest BCUT2D eigenvalue weighted by Gasteiger charge is -2.39. The van der Waals surface area contributed by atoms with Crippen LogP contribution < -0.4 is 4.90 Å². The molecule has 2 aliphatic heterocycles. The predicted octanol–water partition coefficient (Wildman–Crippen LogP) is 3.72. The van der Waals surface area contributed by atoms with Crippen molar-refractivity contribution in [2.24, 2.45) is 0 Å². The third kappa shape index (κ3) is 5.32. The Labute approximate surface area is 213 Å². The van der Waals surface area contributed by atoms with Gasteiger partial charge in [-0.05, 0) is 49.3 Å². The average Bonchev–Trinajstić information content (AvgIpc) is 3.29. The van der Waals surface area contributed by atoms with E-state index in [2.05, 4.69) is 26.7 Å². The van der Waals surface area contributed by atoms with Crippen LogP contribution in [0.4, 0.5) is 5.82 Å². The maximum atomic E-state index is 13.9. The van der Waals surface area contributed by atoms with Crippen LogP contribution in [0.5, 0.6) is 0 Å². The molecule has 0 spiro atoms. The van der Waals surface area contributed by atoms with Crippen LogP contribution in [0.1, 0.15) is 54.8 Å². The number of hydrogen-bond acceptors (Lipinski definition) is 6. The third-order valence-electron chi connectivity index (χ3n) is 8.02. The van der Waals surface area contributed by atoms with Gasteiger partial charge in [-0.15, -0.1) is 0 Å². The molecule has 3 heterocycles. The standard InChI is InChI=1S/C27H36ClN5O2/c1-19-3-8-24-25(19)26(30-18-29-24)32-13-15-33(16-14-32)27(34)23(20-4-6-21(28)7-5-20)17-31-11-9-22(35-2)10-12-31/h4-7,18-19,22-23H,3,8-17H2,1-2H3/t19-,23+/m1/s1. The Morgan fingerprint density at radius 2 is 1.77 bits per heavy atom. The molecule has 2 aromatic rings. The Morgan fingerprint density at radius 1 is 1.06 bits per heavy atom. The number of nitrogens with zero attached hydrogens (tertiary/aromatic N) is 5. The molecule has 0 bridgehead atoms. The highest BCUT2D eigenvalue weighted by atomic mass is 35.5. The van der Waals surface area contributed by atoms with Gasteiger partial charge >= 0.3 is 0 Å². The second-order valence-corrected chi connectivity index (χ2v) is 10.6. The van der Waals surface area contributed by atoms with Crippen LogP contribution in [-0.4, -0.2) is 84.7 Å². The normalized spacial score (nSPS) is 22.3. The minimum atomic E-state index is -0.193. The molecule has 2 saturated heterocycles. The second kappa shape index (κ2) is 10.8. The van der Waals surface area contributed by atoms with Crippen molar-refractivity contribution in [1.82, 2.24) is 19.8 Å². The number of likely N-dealkylation sites (tertiary alicyclic amines) is 1. The number of piperazine rings is 1. The maximum absolute atomic E-state index is 13.9. The number of hydrogen-bond donors (Lipinski definition) is 0. The highest BCUT2D eigenvalue weighted by Crippen LogP contribution is 2.37. The monoisotopic (exact) mass is 497 g/mol. The van der Waals surface area contributed by atoms with Crippen molar-refractivity contribution in [3.8, 4) is 0 Å². The summed E-state index contributed by atoms with van der Waals surface area (Å²) < 4.78 is 5.54. The van der Waals surface area contributed by atoms with Crippen LogP contribution in [-0.2, 0) is 16.0 Å². The smallest absolute Gasteiger partial charge is 0.231 e. The summed E-state index contributed by atoms with van der Waals surface area (Å²) in [5, 5.41) is 0.695. The van der Waals surface area contributed by atoms with Crippen LogP contribution in [0.15, 0.2) is 30.6 Å². The fraction of sp³-hybridized carbons (Fsp3) is 0.593. The number of aryl methyl sites for hydroxylation is 1. The molecular weight excluding hydrogens is 462 g/mol. The molecule has 35 heavy (non-hydrogen) atoms. The minimum absolute atomic E-state index is 0.193. The van der Waals surface area contributed by atoms with Gasteiger partial charge in [0.15, 0.2) is 0 Å². The first kappa shape index (κ1) is 24.5. The van der Waals surface area contributed by atoms with E-state index in [-0.39, 0.29) is 11.8 Å². The molecule has 1 amide bonds. The summed E-state index contributed by atoms with van der Waals surface area (Å²) in [5.41, 5.74) is 3.55. The zero-order valence-electron chi connectivity index (χ0n) is 20.8. The molecule has 8 heteroatoms. The fourth-order valence-corrected chi connectivity index (χ4v) is 5.97.